The maximum Gasteiger partial charge on any atom is 0.261 e. The van der Waals surface area contributed by atoms with E-state index in [0.717, 1.165) is 17.7 Å². The van der Waals surface area contributed by atoms with Gasteiger partial charge in [0.05, 0.1) is 4.88 Å². The first-order valence-corrected chi connectivity index (χ1v) is 8.12. The van der Waals surface area contributed by atoms with Crippen molar-refractivity contribution >= 4 is 23.2 Å². The molecule has 0 unspecified atom stereocenters. The summed E-state index contributed by atoms with van der Waals surface area (Å²) in [5.74, 6) is -0.0922. The Balaban J connectivity index is 1.89. The first-order valence-electron chi connectivity index (χ1n) is 7.31. The van der Waals surface area contributed by atoms with Crippen LogP contribution in [-0.2, 0) is 17.6 Å². The molecular weight excluding hydrogens is 272 g/mol. The van der Waals surface area contributed by atoms with Gasteiger partial charge in [-0.1, -0.05) is 12.8 Å². The number of rotatable bonds is 4. The van der Waals surface area contributed by atoms with Crippen LogP contribution >= 0.6 is 11.3 Å². The highest BCUT2D eigenvalue weighted by atomic mass is 32.1. The van der Waals surface area contributed by atoms with Crippen molar-refractivity contribution in [3.8, 4) is 0 Å². The quantitative estimate of drug-likeness (QED) is 0.837. The van der Waals surface area contributed by atoms with Crippen molar-refractivity contribution in [3.05, 3.63) is 21.4 Å². The maximum atomic E-state index is 12.1. The largest absolute Gasteiger partial charge is 0.355 e. The van der Waals surface area contributed by atoms with Crippen LogP contribution in [0.2, 0.25) is 0 Å². The van der Waals surface area contributed by atoms with Crippen LogP contribution in [0.1, 0.15) is 52.7 Å². The molecule has 1 aromatic heterocycles. The van der Waals surface area contributed by atoms with Gasteiger partial charge in [-0.15, -0.1) is 11.3 Å². The average molecular weight is 294 g/mol. The second-order valence-electron chi connectivity index (χ2n) is 5.21. The fourth-order valence-electron chi connectivity index (χ4n) is 2.46. The topological polar surface area (TPSA) is 58.2 Å². The van der Waals surface area contributed by atoms with Gasteiger partial charge in [0.25, 0.3) is 5.91 Å². The summed E-state index contributed by atoms with van der Waals surface area (Å²) >= 11 is 1.63. The smallest absolute Gasteiger partial charge is 0.261 e. The highest BCUT2D eigenvalue weighted by molar-refractivity contribution is 7.14. The molecule has 0 saturated carbocycles. The zero-order valence-electron chi connectivity index (χ0n) is 12.0. The van der Waals surface area contributed by atoms with Crippen molar-refractivity contribution in [1.82, 2.24) is 10.6 Å². The van der Waals surface area contributed by atoms with Crippen LogP contribution < -0.4 is 10.6 Å². The fraction of sp³-hybridized carbons (Fsp3) is 0.600. The highest BCUT2D eigenvalue weighted by Gasteiger charge is 2.15. The number of nitrogens with one attached hydrogen (secondary N) is 2. The molecule has 1 aliphatic rings. The van der Waals surface area contributed by atoms with Crippen molar-refractivity contribution in [3.63, 3.8) is 0 Å². The van der Waals surface area contributed by atoms with Crippen molar-refractivity contribution in [2.24, 2.45) is 0 Å². The Morgan fingerprint density at radius 1 is 1.10 bits per heavy atom. The molecule has 0 fully saturated rings. The lowest BCUT2D eigenvalue weighted by Gasteiger charge is -2.07. The van der Waals surface area contributed by atoms with Gasteiger partial charge in [-0.3, -0.25) is 9.59 Å². The molecular formula is C15H22N2O2S. The Morgan fingerprint density at radius 2 is 1.80 bits per heavy atom. The second kappa shape index (κ2) is 7.43. The number of fused-ring (bicyclic) bond motifs is 1. The Kier molecular flexibility index (Phi) is 5.59. The predicted octanol–water partition coefficient (Wildman–Crippen LogP) is 2.27. The van der Waals surface area contributed by atoms with Crippen molar-refractivity contribution in [2.45, 2.75) is 45.4 Å². The van der Waals surface area contributed by atoms with Gasteiger partial charge in [0, 0.05) is 24.9 Å². The molecule has 2 amide bonds. The molecule has 0 radical (unpaired) electrons. The zero-order chi connectivity index (χ0) is 14.4. The predicted molar refractivity (Wildman–Crippen MR) is 81.2 cm³/mol. The van der Waals surface area contributed by atoms with Crippen LogP contribution in [0.25, 0.3) is 0 Å². The summed E-state index contributed by atoms with van der Waals surface area (Å²) in [6.07, 6.45) is 7.28. The standard InChI is InChI=1S/C15H22N2O2S/c1-11(18)16-8-9-17-15(19)14-10-12-6-4-2-3-5-7-13(12)20-14/h10H,2-9H2,1H3,(H,16,18)(H,17,19). The number of carbonyl (C=O) groups excluding carboxylic acids is 2. The van der Waals surface area contributed by atoms with Crippen molar-refractivity contribution < 1.29 is 9.59 Å². The number of hydrogen-bond donors (Lipinski definition) is 2. The Bertz CT molecular complexity index is 457. The number of carbonyl (C=O) groups is 2. The Labute approximate surface area is 124 Å². The minimum Gasteiger partial charge on any atom is -0.355 e. The Morgan fingerprint density at radius 3 is 2.55 bits per heavy atom. The number of thiophene rings is 1. The molecule has 110 valence electrons. The maximum absolute atomic E-state index is 12.1. The van der Waals surface area contributed by atoms with Gasteiger partial charge >= 0.3 is 0 Å². The van der Waals surface area contributed by atoms with Gasteiger partial charge in [0.2, 0.25) is 5.91 Å². The normalized spacial score (nSPS) is 14.8. The van der Waals surface area contributed by atoms with Gasteiger partial charge < -0.3 is 10.6 Å². The van der Waals surface area contributed by atoms with Crippen LogP contribution in [0.3, 0.4) is 0 Å². The van der Waals surface area contributed by atoms with E-state index in [1.165, 1.54) is 43.0 Å². The summed E-state index contributed by atoms with van der Waals surface area (Å²) < 4.78 is 0. The molecule has 1 aromatic rings. The lowest BCUT2D eigenvalue weighted by molar-refractivity contribution is -0.118. The molecule has 0 aromatic carbocycles. The lowest BCUT2D eigenvalue weighted by Crippen LogP contribution is -2.33. The zero-order valence-corrected chi connectivity index (χ0v) is 12.8. The van der Waals surface area contributed by atoms with Gasteiger partial charge in [-0.2, -0.15) is 0 Å². The summed E-state index contributed by atoms with van der Waals surface area (Å²) in [7, 11) is 0. The molecule has 20 heavy (non-hydrogen) atoms. The first kappa shape index (κ1) is 15.0. The molecule has 5 heteroatoms. The molecule has 0 bridgehead atoms. The van der Waals surface area contributed by atoms with Crippen LogP contribution in [0.4, 0.5) is 0 Å². The monoisotopic (exact) mass is 294 g/mol. The average Bonchev–Trinajstić information content (AvgIpc) is 2.77. The van der Waals surface area contributed by atoms with Crippen molar-refractivity contribution in [2.75, 3.05) is 13.1 Å². The van der Waals surface area contributed by atoms with Crippen LogP contribution in [0, 0.1) is 0 Å². The van der Waals surface area contributed by atoms with E-state index in [0.29, 0.717) is 13.1 Å². The molecule has 4 nitrogen and oxygen atoms in total. The van der Waals surface area contributed by atoms with Crippen LogP contribution in [0.5, 0.6) is 0 Å². The first-order chi connectivity index (χ1) is 9.66. The molecule has 1 aliphatic carbocycles. The molecule has 0 spiro atoms. The van der Waals surface area contributed by atoms with Gasteiger partial charge in [-0.25, -0.2) is 0 Å². The minimum absolute atomic E-state index is 0.0212. The molecule has 0 saturated heterocycles. The van der Waals surface area contributed by atoms with E-state index in [1.54, 1.807) is 11.3 Å². The van der Waals surface area contributed by atoms with E-state index in [-0.39, 0.29) is 11.8 Å². The Hall–Kier alpha value is -1.36. The second-order valence-corrected chi connectivity index (χ2v) is 6.35. The lowest BCUT2D eigenvalue weighted by atomic mass is 10.00. The summed E-state index contributed by atoms with van der Waals surface area (Å²) in [6, 6.07) is 2.05. The van der Waals surface area contributed by atoms with Crippen LogP contribution in [-0.4, -0.2) is 24.9 Å². The third kappa shape index (κ3) is 4.34. The summed E-state index contributed by atoms with van der Waals surface area (Å²) in [4.78, 5) is 25.0. The SMILES string of the molecule is CC(=O)NCCNC(=O)c1cc2c(s1)CCCCCC2. The number of amides is 2. The third-order valence-electron chi connectivity index (χ3n) is 3.50. The summed E-state index contributed by atoms with van der Waals surface area (Å²) in [6.45, 7) is 2.42. The minimum atomic E-state index is -0.0710. The highest BCUT2D eigenvalue weighted by Crippen LogP contribution is 2.28. The van der Waals surface area contributed by atoms with E-state index in [1.807, 2.05) is 0 Å². The molecule has 0 atom stereocenters. The van der Waals surface area contributed by atoms with Crippen molar-refractivity contribution in [1.29, 1.82) is 0 Å². The van der Waals surface area contributed by atoms with E-state index >= 15 is 0 Å². The van der Waals surface area contributed by atoms with E-state index < -0.39 is 0 Å². The van der Waals surface area contributed by atoms with Gasteiger partial charge in [0.15, 0.2) is 0 Å². The van der Waals surface area contributed by atoms with E-state index in [2.05, 4.69) is 16.7 Å². The molecule has 2 rings (SSSR count). The van der Waals surface area contributed by atoms with Gasteiger partial charge in [0.1, 0.15) is 0 Å². The fourth-order valence-corrected chi connectivity index (χ4v) is 3.63. The van der Waals surface area contributed by atoms with Gasteiger partial charge in [-0.05, 0) is 37.3 Å². The summed E-state index contributed by atoms with van der Waals surface area (Å²) in [5, 5.41) is 5.52. The molecule has 0 aliphatic heterocycles. The summed E-state index contributed by atoms with van der Waals surface area (Å²) in [5.41, 5.74) is 1.36. The molecule has 2 N–H and O–H groups in total. The number of aryl methyl sites for hydroxylation is 2. The van der Waals surface area contributed by atoms with E-state index in [4.69, 9.17) is 0 Å². The van der Waals surface area contributed by atoms with Crippen LogP contribution in [0.15, 0.2) is 6.07 Å². The third-order valence-corrected chi connectivity index (χ3v) is 4.74. The van der Waals surface area contributed by atoms with E-state index in [9.17, 15) is 9.59 Å². The number of hydrogen-bond acceptors (Lipinski definition) is 3. The molecule has 1 heterocycles.